The molecule has 7 heteroatoms. The second-order valence-corrected chi connectivity index (χ2v) is 8.84. The van der Waals surface area contributed by atoms with Crippen LogP contribution < -0.4 is 0 Å². The Morgan fingerprint density at radius 2 is 1.97 bits per heavy atom. The number of Topliss-reactive ketones (excluding diaryl/α,β-unsaturated/α-hetero) is 1. The summed E-state index contributed by atoms with van der Waals surface area (Å²) in [5.41, 5.74) is 0. The fraction of sp³-hybridized carbons (Fsp3) is 0.760. The summed E-state index contributed by atoms with van der Waals surface area (Å²) in [5.74, 6) is -2.20. The number of ketones is 1. The van der Waals surface area contributed by atoms with Crippen LogP contribution in [0.2, 0.25) is 0 Å². The number of hydrogen-bond acceptors (Lipinski definition) is 6. The molecule has 0 bridgehead atoms. The first kappa shape index (κ1) is 26.7. The average molecular weight is 453 g/mol. The Morgan fingerprint density at radius 3 is 2.66 bits per heavy atom. The number of carboxylic acid groups (broad SMARTS) is 1. The molecule has 2 rings (SSSR count). The fourth-order valence-corrected chi connectivity index (χ4v) is 4.35. The molecule has 1 saturated carbocycles. The highest BCUT2D eigenvalue weighted by atomic mass is 16.7. The molecule has 1 aliphatic carbocycles. The average Bonchev–Trinajstić information content (AvgIpc) is 2.99. The molecule has 6 atom stereocenters. The van der Waals surface area contributed by atoms with Crippen LogP contribution in [0, 0.1) is 11.8 Å². The Bertz CT molecular complexity index is 624. The van der Waals surface area contributed by atoms with Crippen LogP contribution in [0.1, 0.15) is 77.6 Å². The third-order valence-electron chi connectivity index (χ3n) is 6.30. The molecular formula is C25H40O7. The number of aliphatic carboxylic acids is 1. The van der Waals surface area contributed by atoms with E-state index in [0.29, 0.717) is 32.3 Å². The first-order chi connectivity index (χ1) is 15.5. The van der Waals surface area contributed by atoms with Gasteiger partial charge in [-0.3, -0.25) is 4.79 Å². The predicted octanol–water partition coefficient (Wildman–Crippen LogP) is 3.77. The molecule has 1 aliphatic heterocycles. The molecule has 1 saturated heterocycles. The molecule has 182 valence electrons. The van der Waals surface area contributed by atoms with Crippen molar-refractivity contribution in [2.24, 2.45) is 11.8 Å². The van der Waals surface area contributed by atoms with E-state index in [-0.39, 0.29) is 5.78 Å². The van der Waals surface area contributed by atoms with E-state index < -0.39 is 42.4 Å². The van der Waals surface area contributed by atoms with Crippen LogP contribution in [-0.4, -0.2) is 58.3 Å². The SMILES string of the molecule is CCCCCCC=C[C@H]1[C@H](O)[C@H](O)C(=O)[C@@H]1CC=CCCC(OC1CCCCO1)C(=O)O. The van der Waals surface area contributed by atoms with Gasteiger partial charge in [-0.2, -0.15) is 0 Å². The van der Waals surface area contributed by atoms with Gasteiger partial charge in [0.25, 0.3) is 0 Å². The third-order valence-corrected chi connectivity index (χ3v) is 6.30. The Morgan fingerprint density at radius 1 is 1.16 bits per heavy atom. The van der Waals surface area contributed by atoms with E-state index in [0.717, 1.165) is 32.1 Å². The Balaban J connectivity index is 1.81. The minimum absolute atomic E-state index is 0.316. The number of aliphatic hydroxyl groups is 2. The summed E-state index contributed by atoms with van der Waals surface area (Å²) in [6.45, 7) is 2.76. The largest absolute Gasteiger partial charge is 0.479 e. The molecule has 0 aromatic carbocycles. The normalized spacial score (nSPS) is 29.8. The van der Waals surface area contributed by atoms with Crippen LogP contribution in [0.3, 0.4) is 0 Å². The van der Waals surface area contributed by atoms with Crippen LogP contribution in [0.25, 0.3) is 0 Å². The second-order valence-electron chi connectivity index (χ2n) is 8.84. The highest BCUT2D eigenvalue weighted by Crippen LogP contribution is 2.34. The fourth-order valence-electron chi connectivity index (χ4n) is 4.35. The number of hydrogen-bond donors (Lipinski definition) is 3. The summed E-state index contributed by atoms with van der Waals surface area (Å²) in [6.07, 6.45) is 13.1. The maximum atomic E-state index is 12.4. The van der Waals surface area contributed by atoms with Crippen molar-refractivity contribution in [1.29, 1.82) is 0 Å². The van der Waals surface area contributed by atoms with Crippen molar-refractivity contribution in [1.82, 2.24) is 0 Å². The number of unbranched alkanes of at least 4 members (excludes halogenated alkanes) is 4. The lowest BCUT2D eigenvalue weighted by atomic mass is 9.90. The van der Waals surface area contributed by atoms with Gasteiger partial charge < -0.3 is 24.8 Å². The van der Waals surface area contributed by atoms with Crippen molar-refractivity contribution < 1.29 is 34.4 Å². The molecule has 1 heterocycles. The summed E-state index contributed by atoms with van der Waals surface area (Å²) in [7, 11) is 0. The minimum atomic E-state index is -1.34. The van der Waals surface area contributed by atoms with Gasteiger partial charge in [-0.05, 0) is 51.4 Å². The van der Waals surface area contributed by atoms with Crippen molar-refractivity contribution in [3.05, 3.63) is 24.3 Å². The highest BCUT2D eigenvalue weighted by molar-refractivity contribution is 5.89. The topological polar surface area (TPSA) is 113 Å². The molecule has 2 unspecified atom stereocenters. The molecule has 0 spiro atoms. The zero-order chi connectivity index (χ0) is 23.3. The zero-order valence-electron chi connectivity index (χ0n) is 19.2. The molecule has 2 fully saturated rings. The molecule has 3 N–H and O–H groups in total. The molecule has 0 amide bonds. The molecule has 0 aromatic heterocycles. The van der Waals surface area contributed by atoms with Gasteiger partial charge in [0, 0.05) is 18.4 Å². The van der Waals surface area contributed by atoms with Crippen LogP contribution >= 0.6 is 0 Å². The van der Waals surface area contributed by atoms with Gasteiger partial charge in [0.05, 0.1) is 6.10 Å². The van der Waals surface area contributed by atoms with Crippen molar-refractivity contribution in [3.8, 4) is 0 Å². The first-order valence-electron chi connectivity index (χ1n) is 12.2. The van der Waals surface area contributed by atoms with E-state index >= 15 is 0 Å². The van der Waals surface area contributed by atoms with E-state index in [2.05, 4.69) is 6.92 Å². The maximum absolute atomic E-state index is 12.4. The summed E-state index contributed by atoms with van der Waals surface area (Å²) in [4.78, 5) is 23.9. The van der Waals surface area contributed by atoms with E-state index in [1.807, 2.05) is 24.3 Å². The highest BCUT2D eigenvalue weighted by Gasteiger charge is 2.46. The van der Waals surface area contributed by atoms with Gasteiger partial charge in [-0.25, -0.2) is 4.79 Å². The van der Waals surface area contributed by atoms with Gasteiger partial charge in [0.1, 0.15) is 6.10 Å². The summed E-state index contributed by atoms with van der Waals surface area (Å²) in [6, 6.07) is 0. The van der Waals surface area contributed by atoms with Crippen LogP contribution in [0.5, 0.6) is 0 Å². The van der Waals surface area contributed by atoms with Crippen molar-refractivity contribution >= 4 is 11.8 Å². The Labute approximate surface area is 191 Å². The second kappa shape index (κ2) is 14.6. The maximum Gasteiger partial charge on any atom is 0.332 e. The third kappa shape index (κ3) is 8.43. The molecule has 7 nitrogen and oxygen atoms in total. The predicted molar refractivity (Wildman–Crippen MR) is 121 cm³/mol. The number of carbonyl (C=O) groups excluding carboxylic acids is 1. The first-order valence-corrected chi connectivity index (χ1v) is 12.2. The van der Waals surface area contributed by atoms with Crippen LogP contribution in [0.4, 0.5) is 0 Å². The minimum Gasteiger partial charge on any atom is -0.479 e. The van der Waals surface area contributed by atoms with E-state index in [4.69, 9.17) is 9.47 Å². The summed E-state index contributed by atoms with van der Waals surface area (Å²) >= 11 is 0. The molecule has 0 radical (unpaired) electrons. The van der Waals surface area contributed by atoms with Crippen molar-refractivity contribution in [2.45, 2.75) is 102 Å². The van der Waals surface area contributed by atoms with Gasteiger partial charge in [0.15, 0.2) is 18.2 Å². The van der Waals surface area contributed by atoms with Crippen LogP contribution in [-0.2, 0) is 19.1 Å². The summed E-state index contributed by atoms with van der Waals surface area (Å²) in [5, 5.41) is 29.7. The lowest BCUT2D eigenvalue weighted by molar-refractivity contribution is -0.201. The van der Waals surface area contributed by atoms with Gasteiger partial charge in [-0.15, -0.1) is 0 Å². The summed E-state index contributed by atoms with van der Waals surface area (Å²) < 4.78 is 11.1. The van der Waals surface area contributed by atoms with E-state index in [1.54, 1.807) is 0 Å². The lowest BCUT2D eigenvalue weighted by Gasteiger charge is -2.25. The lowest BCUT2D eigenvalue weighted by Crippen LogP contribution is -2.32. The van der Waals surface area contributed by atoms with Crippen molar-refractivity contribution in [3.63, 3.8) is 0 Å². The smallest absolute Gasteiger partial charge is 0.332 e. The van der Waals surface area contributed by atoms with Gasteiger partial charge in [-0.1, -0.05) is 50.5 Å². The van der Waals surface area contributed by atoms with Crippen molar-refractivity contribution in [2.75, 3.05) is 6.61 Å². The Hall–Kier alpha value is -1.54. The number of ether oxygens (including phenoxy) is 2. The Kier molecular flexibility index (Phi) is 12.2. The zero-order valence-corrected chi connectivity index (χ0v) is 19.2. The van der Waals surface area contributed by atoms with Gasteiger partial charge >= 0.3 is 5.97 Å². The number of rotatable bonds is 14. The molecular weight excluding hydrogens is 412 g/mol. The quantitative estimate of drug-likeness (QED) is 0.271. The number of carbonyl (C=O) groups is 2. The van der Waals surface area contributed by atoms with E-state index in [1.165, 1.54) is 12.8 Å². The molecule has 32 heavy (non-hydrogen) atoms. The molecule has 2 aliphatic rings. The van der Waals surface area contributed by atoms with Gasteiger partial charge in [0.2, 0.25) is 0 Å². The monoisotopic (exact) mass is 452 g/mol. The number of allylic oxidation sites excluding steroid dienone is 3. The van der Waals surface area contributed by atoms with E-state index in [9.17, 15) is 24.9 Å². The number of carboxylic acids is 1. The molecule has 0 aromatic rings. The van der Waals surface area contributed by atoms with Crippen LogP contribution in [0.15, 0.2) is 24.3 Å². The standard InChI is InChI=1S/C25H40O7/c1-2-3-4-5-6-8-13-18-19(23(27)24(28)22(18)26)14-9-7-10-15-20(25(29)30)32-21-16-11-12-17-31-21/h7-9,13,18-22,24,26,28H,2-6,10-12,14-17H2,1H3,(H,29,30)/t18-,19-,20?,21?,22+,24+/m1/s1. The number of aliphatic hydroxyl groups excluding tert-OH is 2.